The fourth-order valence-corrected chi connectivity index (χ4v) is 9.37. The third-order valence-electron chi connectivity index (χ3n) is 6.33. The maximum atomic E-state index is 13.8. The molecule has 1 aromatic carbocycles. The summed E-state index contributed by atoms with van der Waals surface area (Å²) in [6.07, 6.45) is 2.74. The van der Waals surface area contributed by atoms with E-state index in [0.717, 1.165) is 25.8 Å². The number of ether oxygens (including phenoxy) is 1. The van der Waals surface area contributed by atoms with Crippen LogP contribution >= 0.6 is 7.60 Å². The van der Waals surface area contributed by atoms with Crippen LogP contribution in [0.1, 0.15) is 39.5 Å². The molecule has 1 aromatic rings. The molecule has 0 radical (unpaired) electrons. The summed E-state index contributed by atoms with van der Waals surface area (Å²) < 4.78 is 30.5. The zero-order valence-corrected chi connectivity index (χ0v) is 20.6. The van der Waals surface area contributed by atoms with E-state index in [4.69, 9.17) is 13.8 Å². The van der Waals surface area contributed by atoms with Crippen molar-refractivity contribution >= 4 is 38.8 Å². The minimum atomic E-state index is -3.58. The summed E-state index contributed by atoms with van der Waals surface area (Å²) in [4.78, 5) is 29.0. The standard InChI is InChI=1S/C22H30NO6PSe/c1-3-27-30(26,28-4-2)15-20(24)29-22-14-16(23-12-8-11-19(22)23)13-18(21(22)25)31-17-9-6-5-7-10-17/h5-7,9-10,16,18-19H,3-4,8,11-15H2,1-2H3/t16-,18?,19-,22-/m1/s1. The second kappa shape index (κ2) is 9.46. The first-order valence-electron chi connectivity index (χ1n) is 11.0. The van der Waals surface area contributed by atoms with Gasteiger partial charge in [0.05, 0.1) is 0 Å². The number of fused-ring (bicyclic) bond motifs is 5. The molecule has 2 bridgehead atoms. The van der Waals surface area contributed by atoms with Crippen LogP contribution in [0.5, 0.6) is 0 Å². The van der Waals surface area contributed by atoms with Crippen LogP contribution in [0.4, 0.5) is 0 Å². The third kappa shape index (κ3) is 4.57. The molecule has 2 aliphatic heterocycles. The van der Waals surface area contributed by atoms with Crippen LogP contribution in [0.3, 0.4) is 0 Å². The molecule has 2 heterocycles. The summed E-state index contributed by atoms with van der Waals surface area (Å²) in [5.41, 5.74) is -1.14. The van der Waals surface area contributed by atoms with Crippen molar-refractivity contribution < 1.29 is 27.9 Å². The molecule has 7 nitrogen and oxygen atoms in total. The van der Waals surface area contributed by atoms with Crippen LogP contribution < -0.4 is 4.46 Å². The maximum absolute atomic E-state index is 13.8. The van der Waals surface area contributed by atoms with Crippen molar-refractivity contribution in [2.24, 2.45) is 0 Å². The zero-order valence-electron chi connectivity index (χ0n) is 18.0. The Bertz CT molecular complexity index is 857. The van der Waals surface area contributed by atoms with Gasteiger partial charge in [0.1, 0.15) is 0 Å². The number of rotatable bonds is 9. The number of nitrogens with zero attached hydrogens (tertiary/aromatic N) is 1. The van der Waals surface area contributed by atoms with Crippen molar-refractivity contribution in [3.05, 3.63) is 30.3 Å². The molecule has 3 fully saturated rings. The van der Waals surface area contributed by atoms with E-state index < -0.39 is 25.3 Å². The number of hydrogen-bond acceptors (Lipinski definition) is 7. The number of ketones is 1. The molecule has 2 saturated heterocycles. The normalized spacial score (nSPS) is 30.4. The van der Waals surface area contributed by atoms with E-state index in [1.165, 1.54) is 4.46 Å². The number of carbonyl (C=O) groups is 2. The van der Waals surface area contributed by atoms with Crippen molar-refractivity contribution in [1.82, 2.24) is 4.90 Å². The van der Waals surface area contributed by atoms with Crippen molar-refractivity contribution in [3.63, 3.8) is 0 Å². The predicted octanol–water partition coefficient (Wildman–Crippen LogP) is 2.56. The SMILES string of the molecule is CCOP(=O)(CC(=O)O[C@@]12C[C@@H](CC([Se]c3ccccc3)C1=O)N1CCC[C@@H]12)OCC. The quantitative estimate of drug-likeness (QED) is 0.285. The van der Waals surface area contributed by atoms with Gasteiger partial charge in [0.25, 0.3) is 0 Å². The molecule has 170 valence electrons. The van der Waals surface area contributed by atoms with E-state index >= 15 is 0 Å². The number of Topliss-reactive ketones (excluding diaryl/α,β-unsaturated/α-hetero) is 1. The molecule has 4 atom stereocenters. The average Bonchev–Trinajstić information content (AvgIpc) is 3.30. The topological polar surface area (TPSA) is 82.1 Å². The predicted molar refractivity (Wildman–Crippen MR) is 118 cm³/mol. The molecule has 31 heavy (non-hydrogen) atoms. The van der Waals surface area contributed by atoms with Gasteiger partial charge in [0.2, 0.25) is 0 Å². The Labute approximate surface area is 189 Å². The van der Waals surface area contributed by atoms with Crippen LogP contribution in [0, 0.1) is 0 Å². The molecular weight excluding hydrogens is 484 g/mol. The summed E-state index contributed by atoms with van der Waals surface area (Å²) in [6, 6.07) is 10.2. The summed E-state index contributed by atoms with van der Waals surface area (Å²) in [6.45, 7) is 4.69. The van der Waals surface area contributed by atoms with Gasteiger partial charge in [-0.05, 0) is 0 Å². The molecule has 0 amide bonds. The first-order valence-corrected chi connectivity index (χ1v) is 14.6. The number of esters is 1. The summed E-state index contributed by atoms with van der Waals surface area (Å²) in [7, 11) is -3.58. The van der Waals surface area contributed by atoms with Crippen molar-refractivity contribution in [3.8, 4) is 0 Å². The Morgan fingerprint density at radius 2 is 1.94 bits per heavy atom. The minimum absolute atomic E-state index is 0.0274. The van der Waals surface area contributed by atoms with Crippen molar-refractivity contribution in [2.75, 3.05) is 25.9 Å². The van der Waals surface area contributed by atoms with Crippen LogP contribution in [0.15, 0.2) is 30.3 Å². The summed E-state index contributed by atoms with van der Waals surface area (Å²) >= 11 is -0.0274. The molecule has 0 N–H and O–H groups in total. The average molecular weight is 514 g/mol. The molecule has 1 unspecified atom stereocenters. The number of carbonyl (C=O) groups excluding carboxylic acids is 2. The molecule has 1 aliphatic carbocycles. The molecule has 9 heteroatoms. The number of hydrogen-bond donors (Lipinski definition) is 0. The number of benzene rings is 1. The van der Waals surface area contributed by atoms with Gasteiger partial charge in [0, 0.05) is 0 Å². The van der Waals surface area contributed by atoms with Crippen molar-refractivity contribution in [2.45, 2.75) is 62.0 Å². The van der Waals surface area contributed by atoms with Crippen LogP contribution in [-0.4, -0.2) is 75.2 Å². The monoisotopic (exact) mass is 515 g/mol. The van der Waals surface area contributed by atoms with Gasteiger partial charge >= 0.3 is 190 Å². The Morgan fingerprint density at radius 1 is 1.23 bits per heavy atom. The first-order chi connectivity index (χ1) is 14.9. The third-order valence-corrected chi connectivity index (χ3v) is 10.9. The van der Waals surface area contributed by atoms with Gasteiger partial charge in [-0.3, -0.25) is 0 Å². The van der Waals surface area contributed by atoms with Gasteiger partial charge in [-0.15, -0.1) is 0 Å². The van der Waals surface area contributed by atoms with Crippen LogP contribution in [-0.2, 0) is 27.9 Å². The second-order valence-corrected chi connectivity index (χ2v) is 13.0. The van der Waals surface area contributed by atoms with E-state index in [9.17, 15) is 14.2 Å². The fourth-order valence-electron chi connectivity index (χ4n) is 5.28. The molecule has 1 saturated carbocycles. The molecule has 0 aromatic heterocycles. The molecule has 0 spiro atoms. The molecule has 4 rings (SSSR count). The first kappa shape index (κ1) is 23.2. The van der Waals surface area contributed by atoms with E-state index in [2.05, 4.69) is 17.0 Å². The van der Waals surface area contributed by atoms with E-state index in [-0.39, 0.29) is 50.9 Å². The van der Waals surface area contributed by atoms with E-state index in [1.807, 2.05) is 18.2 Å². The van der Waals surface area contributed by atoms with E-state index in [1.54, 1.807) is 13.8 Å². The zero-order chi connectivity index (χ0) is 22.1. The van der Waals surface area contributed by atoms with Gasteiger partial charge in [-0.25, -0.2) is 0 Å². The Morgan fingerprint density at radius 3 is 2.61 bits per heavy atom. The van der Waals surface area contributed by atoms with Crippen LogP contribution in [0.25, 0.3) is 0 Å². The molecular formula is C22H30NO6PSe. The Kier molecular flexibility index (Phi) is 7.07. The second-order valence-electron chi connectivity index (χ2n) is 8.24. The van der Waals surface area contributed by atoms with Gasteiger partial charge in [0.15, 0.2) is 0 Å². The Balaban J connectivity index is 1.56. The molecule has 3 aliphatic rings. The van der Waals surface area contributed by atoms with Gasteiger partial charge < -0.3 is 0 Å². The van der Waals surface area contributed by atoms with Crippen molar-refractivity contribution in [1.29, 1.82) is 0 Å². The van der Waals surface area contributed by atoms with Gasteiger partial charge in [-0.1, -0.05) is 0 Å². The Hall–Kier alpha value is -1.01. The summed E-state index contributed by atoms with van der Waals surface area (Å²) in [5.74, 6) is -0.628. The van der Waals surface area contributed by atoms with E-state index in [0.29, 0.717) is 6.42 Å². The van der Waals surface area contributed by atoms with Crippen LogP contribution in [0.2, 0.25) is 4.82 Å². The summed E-state index contributed by atoms with van der Waals surface area (Å²) in [5, 5.41) is 0. The van der Waals surface area contributed by atoms with Gasteiger partial charge in [-0.2, -0.15) is 0 Å². The fraction of sp³-hybridized carbons (Fsp3) is 0.636.